The minimum absolute atomic E-state index is 0. The summed E-state index contributed by atoms with van der Waals surface area (Å²) in [7, 11) is 0. The Balaban J connectivity index is 0.00000187. The number of aryl methyl sites for hydroxylation is 2. The topological polar surface area (TPSA) is 0 Å². The van der Waals surface area contributed by atoms with Crippen molar-refractivity contribution in [2.45, 2.75) is 108 Å². The van der Waals surface area contributed by atoms with Crippen molar-refractivity contribution < 1.29 is 41.4 Å². The summed E-state index contributed by atoms with van der Waals surface area (Å²) in [5.74, 6) is 1.57. The molecule has 4 atom stereocenters. The van der Waals surface area contributed by atoms with Crippen LogP contribution in [0.4, 0.5) is 0 Å². The minimum atomic E-state index is -2.73. The van der Waals surface area contributed by atoms with Crippen molar-refractivity contribution in [3.05, 3.63) is 129 Å². The van der Waals surface area contributed by atoms with Gasteiger partial charge in [0.05, 0.1) is 0 Å². The second kappa shape index (κ2) is 14.1. The fraction of sp³-hybridized carbons (Fsp3) is 0.417. The zero-order valence-corrected chi connectivity index (χ0v) is 33.5. The molecular weight excluding hydrogens is 695 g/mol. The van der Waals surface area contributed by atoms with Crippen LogP contribution in [0.3, 0.4) is 0 Å². The van der Waals surface area contributed by atoms with Crippen molar-refractivity contribution in [2.24, 2.45) is 11.8 Å². The standard InChI is InChI=1S/2C21H21.C6H10.2ClH.Ti/c2*1-15-9-11-17(12-10-15)20-8-4-7-18-13-19(14-21(18)20)16-5-2-3-6-16;1-2-4-6-5-3-1;;;/h2*4,7-14,16H,2-3,5-6H2,1H3;1-2H,3-6H2;2*1H;/q;;;;;+2/p-2. The molecule has 51 heavy (non-hydrogen) atoms. The van der Waals surface area contributed by atoms with Crippen LogP contribution < -0.4 is 24.8 Å². The van der Waals surface area contributed by atoms with Gasteiger partial charge < -0.3 is 24.8 Å². The summed E-state index contributed by atoms with van der Waals surface area (Å²) in [6, 6.07) is 33.8. The molecule has 6 aliphatic rings. The third kappa shape index (κ3) is 5.64. The normalized spacial score (nSPS) is 26.6. The van der Waals surface area contributed by atoms with Gasteiger partial charge in [-0.05, 0) is 0 Å². The molecular formula is C48H52Cl2Ti. The van der Waals surface area contributed by atoms with E-state index in [4.69, 9.17) is 0 Å². The molecule has 4 unspecified atom stereocenters. The van der Waals surface area contributed by atoms with E-state index < -0.39 is 16.6 Å². The maximum Gasteiger partial charge on any atom is -1.00 e. The maximum absolute atomic E-state index is 2.82. The van der Waals surface area contributed by atoms with Crippen molar-refractivity contribution >= 4 is 12.2 Å². The van der Waals surface area contributed by atoms with E-state index in [-0.39, 0.29) is 24.8 Å². The summed E-state index contributed by atoms with van der Waals surface area (Å²) < 4.78 is 3.48. The average Bonchev–Trinajstić information content (AvgIpc) is 3.80. The third-order valence-corrected chi connectivity index (χ3v) is 25.2. The molecule has 1 heterocycles. The molecule has 3 heteroatoms. The van der Waals surface area contributed by atoms with Crippen LogP contribution in [0.2, 0.25) is 8.45 Å². The second-order valence-corrected chi connectivity index (χ2v) is 24.2. The van der Waals surface area contributed by atoms with E-state index in [1.807, 2.05) is 11.1 Å². The van der Waals surface area contributed by atoms with Crippen LogP contribution in [-0.2, 0) is 16.6 Å². The Morgan fingerprint density at radius 3 is 1.22 bits per heavy atom. The molecule has 0 spiro atoms. The van der Waals surface area contributed by atoms with Crippen LogP contribution in [0.15, 0.2) is 96.1 Å². The molecule has 1 aliphatic heterocycles. The average molecular weight is 748 g/mol. The molecule has 0 bridgehead atoms. The van der Waals surface area contributed by atoms with Gasteiger partial charge in [0.1, 0.15) is 0 Å². The van der Waals surface area contributed by atoms with Crippen LogP contribution in [-0.4, -0.2) is 0 Å². The van der Waals surface area contributed by atoms with Crippen LogP contribution >= 0.6 is 0 Å². The van der Waals surface area contributed by atoms with Gasteiger partial charge in [-0.15, -0.1) is 0 Å². The van der Waals surface area contributed by atoms with Gasteiger partial charge in [0.2, 0.25) is 0 Å². The van der Waals surface area contributed by atoms with E-state index in [0.29, 0.717) is 0 Å². The summed E-state index contributed by atoms with van der Waals surface area (Å²) in [5.41, 5.74) is 19.0. The van der Waals surface area contributed by atoms with E-state index >= 15 is 0 Å². The Kier molecular flexibility index (Phi) is 9.89. The molecule has 4 aromatic carbocycles. The molecule has 0 nitrogen and oxygen atoms in total. The first-order valence-corrected chi connectivity index (χ1v) is 23.6. The number of rotatable bonds is 6. The summed E-state index contributed by atoms with van der Waals surface area (Å²) in [6.07, 6.45) is 22.9. The van der Waals surface area contributed by atoms with Crippen molar-refractivity contribution in [1.82, 2.24) is 0 Å². The molecule has 10 rings (SSSR count). The Labute approximate surface area is 322 Å². The molecule has 1 saturated heterocycles. The predicted octanol–water partition coefficient (Wildman–Crippen LogP) is 7.92. The molecule has 5 aliphatic carbocycles. The monoisotopic (exact) mass is 746 g/mol. The van der Waals surface area contributed by atoms with Crippen LogP contribution in [0.1, 0.15) is 119 Å². The number of allylic oxidation sites excluding steroid dienone is 2. The fourth-order valence-electron chi connectivity index (χ4n) is 12.4. The van der Waals surface area contributed by atoms with Crippen molar-refractivity contribution in [3.8, 4) is 22.3 Å². The molecule has 262 valence electrons. The molecule has 0 aromatic heterocycles. The molecule has 4 fully saturated rings. The summed E-state index contributed by atoms with van der Waals surface area (Å²) in [4.78, 5) is 0. The molecule has 3 saturated carbocycles. The Hall–Kier alpha value is -2.35. The Morgan fingerprint density at radius 1 is 0.451 bits per heavy atom. The molecule has 0 amide bonds. The van der Waals surface area contributed by atoms with Gasteiger partial charge >= 0.3 is 300 Å². The van der Waals surface area contributed by atoms with Gasteiger partial charge in [0.25, 0.3) is 0 Å². The van der Waals surface area contributed by atoms with Gasteiger partial charge in [0.15, 0.2) is 0 Å². The fourth-order valence-corrected chi connectivity index (χ4v) is 26.7. The second-order valence-electron chi connectivity index (χ2n) is 17.0. The summed E-state index contributed by atoms with van der Waals surface area (Å²) in [5, 5.41) is 0. The molecule has 4 aromatic rings. The van der Waals surface area contributed by atoms with Crippen molar-refractivity contribution in [1.29, 1.82) is 0 Å². The quantitative estimate of drug-likeness (QED) is 0.176. The zero-order valence-electron chi connectivity index (χ0n) is 30.4. The maximum atomic E-state index is 2.82. The van der Waals surface area contributed by atoms with Gasteiger partial charge in [0, 0.05) is 0 Å². The van der Waals surface area contributed by atoms with Gasteiger partial charge in [-0.2, -0.15) is 0 Å². The third-order valence-electron chi connectivity index (χ3n) is 14.5. The first-order chi connectivity index (χ1) is 24.1. The first-order valence-electron chi connectivity index (χ1n) is 20.0. The van der Waals surface area contributed by atoms with E-state index in [1.54, 1.807) is 22.3 Å². The Bertz CT molecular complexity index is 1830. The number of hydrogen-bond acceptors (Lipinski definition) is 0. The SMILES string of the molecule is Cc1ccc(-c2cccc3c2C=C(C2CCCC2)[CH]3[Ti+2]2([CH]3C(C4CCCC4)=Cc4c(-c5ccc(C)cc5)cccc43)[CH]3CCCC[CH]32)cc1.[Cl-].[Cl-]. The Morgan fingerprint density at radius 2 is 0.824 bits per heavy atom. The van der Waals surface area contributed by atoms with Crippen molar-refractivity contribution in [2.75, 3.05) is 0 Å². The van der Waals surface area contributed by atoms with E-state index in [0.717, 1.165) is 28.7 Å². The number of halogens is 2. The first kappa shape index (κ1) is 35.7. The van der Waals surface area contributed by atoms with E-state index in [1.165, 1.54) is 110 Å². The smallest absolute Gasteiger partial charge is 1.00 e. The summed E-state index contributed by atoms with van der Waals surface area (Å²) in [6.45, 7) is 4.44. The molecule has 0 radical (unpaired) electrons. The predicted molar refractivity (Wildman–Crippen MR) is 205 cm³/mol. The van der Waals surface area contributed by atoms with E-state index in [2.05, 4.69) is 111 Å². The zero-order chi connectivity index (χ0) is 32.7. The van der Waals surface area contributed by atoms with Gasteiger partial charge in [-0.3, -0.25) is 0 Å². The number of hydrogen-bond donors (Lipinski definition) is 0. The minimum Gasteiger partial charge on any atom is -1.00 e. The molecule has 0 N–H and O–H groups in total. The number of benzene rings is 4. The van der Waals surface area contributed by atoms with Gasteiger partial charge in [-0.25, -0.2) is 0 Å². The summed E-state index contributed by atoms with van der Waals surface area (Å²) >= 11 is -2.73. The number of fused-ring (bicyclic) bond motifs is 3. The van der Waals surface area contributed by atoms with Crippen molar-refractivity contribution in [3.63, 3.8) is 0 Å². The van der Waals surface area contributed by atoms with E-state index in [9.17, 15) is 0 Å². The van der Waals surface area contributed by atoms with Crippen LogP contribution in [0.25, 0.3) is 34.4 Å². The van der Waals surface area contributed by atoms with Gasteiger partial charge in [-0.1, -0.05) is 0 Å². The van der Waals surface area contributed by atoms with Crippen LogP contribution in [0, 0.1) is 25.7 Å². The van der Waals surface area contributed by atoms with Crippen LogP contribution in [0.5, 0.6) is 0 Å². The largest absolute Gasteiger partial charge is 1.00 e.